The van der Waals surface area contributed by atoms with Crippen molar-refractivity contribution in [2.75, 3.05) is 36.9 Å². The van der Waals surface area contributed by atoms with Crippen LogP contribution in [0, 0.1) is 5.82 Å². The molecule has 3 aliphatic rings. The number of amides is 1. The highest BCUT2D eigenvalue weighted by Crippen LogP contribution is 2.30. The molecule has 1 aromatic heterocycles. The lowest BCUT2D eigenvalue weighted by Gasteiger charge is -2.32. The maximum absolute atomic E-state index is 14.5. The van der Waals surface area contributed by atoms with Crippen LogP contribution in [0.1, 0.15) is 36.8 Å². The van der Waals surface area contributed by atoms with E-state index in [1.54, 1.807) is 4.90 Å². The minimum absolute atomic E-state index is 0.0777. The summed E-state index contributed by atoms with van der Waals surface area (Å²) in [5, 5.41) is 6.38. The second-order valence-electron chi connectivity index (χ2n) is 9.22. The smallest absolute Gasteiger partial charge is 0.246 e. The van der Waals surface area contributed by atoms with Crippen molar-refractivity contribution >= 4 is 23.4 Å². The molecule has 2 aromatic rings. The van der Waals surface area contributed by atoms with Gasteiger partial charge < -0.3 is 20.3 Å². The first-order valence-electron chi connectivity index (χ1n) is 12.0. The lowest BCUT2D eigenvalue weighted by molar-refractivity contribution is -0.127. The molecule has 1 aromatic carbocycles. The number of hydrogen-bond donors (Lipinski definition) is 2. The summed E-state index contributed by atoms with van der Waals surface area (Å²) in [4.78, 5) is 24.7. The Morgan fingerprint density at radius 2 is 2.03 bits per heavy atom. The van der Waals surface area contributed by atoms with Crippen LogP contribution in [0.15, 0.2) is 37.1 Å². The van der Waals surface area contributed by atoms with Gasteiger partial charge in [-0.15, -0.1) is 0 Å². The molecule has 9 heteroatoms. The van der Waals surface area contributed by atoms with Crippen molar-refractivity contribution in [3.63, 3.8) is 0 Å². The van der Waals surface area contributed by atoms with Crippen LogP contribution in [-0.4, -0.2) is 64.1 Å². The molecular weight excluding hydrogens is 435 g/mol. The van der Waals surface area contributed by atoms with E-state index in [0.29, 0.717) is 25.1 Å². The molecule has 1 amide bonds. The van der Waals surface area contributed by atoms with E-state index >= 15 is 0 Å². The largest absolute Gasteiger partial charge is 0.381 e. The second-order valence-corrected chi connectivity index (χ2v) is 9.22. The maximum Gasteiger partial charge on any atom is 0.246 e. The number of fused-ring (bicyclic) bond motifs is 1. The third kappa shape index (κ3) is 5.05. The van der Waals surface area contributed by atoms with Gasteiger partial charge in [0.15, 0.2) is 11.6 Å². The van der Waals surface area contributed by atoms with Crippen molar-refractivity contribution < 1.29 is 13.9 Å². The Kier molecular flexibility index (Phi) is 6.73. The molecule has 8 nitrogen and oxygen atoms in total. The number of halogens is 1. The lowest BCUT2D eigenvalue weighted by Crippen LogP contribution is -2.44. The van der Waals surface area contributed by atoms with Crippen molar-refractivity contribution in [1.29, 1.82) is 0 Å². The van der Waals surface area contributed by atoms with Gasteiger partial charge in [-0.25, -0.2) is 9.37 Å². The fourth-order valence-electron chi connectivity index (χ4n) is 5.08. The monoisotopic (exact) mass is 466 g/mol. The Morgan fingerprint density at radius 3 is 2.85 bits per heavy atom. The number of anilines is 3. The number of aromatic nitrogens is 2. The molecule has 180 valence electrons. The van der Waals surface area contributed by atoms with Crippen LogP contribution in [0.4, 0.5) is 21.8 Å². The van der Waals surface area contributed by atoms with Gasteiger partial charge in [-0.1, -0.05) is 12.6 Å². The summed E-state index contributed by atoms with van der Waals surface area (Å²) in [7, 11) is 0. The Hall–Kier alpha value is -3.04. The number of benzene rings is 1. The Balaban J connectivity index is 1.24. The summed E-state index contributed by atoms with van der Waals surface area (Å²) < 4.78 is 20.0. The molecule has 0 saturated carbocycles. The highest BCUT2D eigenvalue weighted by molar-refractivity contribution is 5.87. The van der Waals surface area contributed by atoms with E-state index in [1.807, 2.05) is 6.07 Å². The number of likely N-dealkylation sites (tertiary alicyclic amines) is 1. The maximum atomic E-state index is 14.5. The normalized spacial score (nSPS) is 21.2. The summed E-state index contributed by atoms with van der Waals surface area (Å²) in [5.74, 6) is -0.150. The molecule has 5 rings (SSSR count). The topological polar surface area (TPSA) is 82.6 Å². The average Bonchev–Trinajstić information content (AvgIpc) is 3.30. The van der Waals surface area contributed by atoms with E-state index in [2.05, 4.69) is 44.2 Å². The van der Waals surface area contributed by atoms with E-state index in [9.17, 15) is 9.18 Å². The second kappa shape index (κ2) is 10.1. The molecule has 1 atom stereocenters. The Morgan fingerprint density at radius 1 is 1.21 bits per heavy atom. The number of ether oxygens (including phenoxy) is 1. The van der Waals surface area contributed by atoms with Gasteiger partial charge in [0.1, 0.15) is 0 Å². The average molecular weight is 467 g/mol. The fraction of sp³-hybridized carbons (Fsp3) is 0.480. The molecule has 0 bridgehead atoms. The molecule has 2 saturated heterocycles. The molecule has 0 radical (unpaired) electrons. The molecule has 0 spiro atoms. The van der Waals surface area contributed by atoms with E-state index in [-0.39, 0.29) is 17.8 Å². The van der Waals surface area contributed by atoms with Crippen molar-refractivity contribution in [3.05, 3.63) is 54.0 Å². The molecule has 2 fully saturated rings. The molecule has 2 N–H and O–H groups in total. The third-order valence-electron chi connectivity index (χ3n) is 6.91. The fourth-order valence-corrected chi connectivity index (χ4v) is 5.08. The van der Waals surface area contributed by atoms with Crippen LogP contribution < -0.4 is 10.6 Å². The van der Waals surface area contributed by atoms with Crippen LogP contribution in [0.2, 0.25) is 0 Å². The summed E-state index contributed by atoms with van der Waals surface area (Å²) in [6.45, 7) is 8.30. The summed E-state index contributed by atoms with van der Waals surface area (Å²) in [6.07, 6.45) is 6.33. The first-order chi connectivity index (χ1) is 16.6. The van der Waals surface area contributed by atoms with Gasteiger partial charge in [0.2, 0.25) is 11.9 Å². The number of nitrogens with one attached hydrogen (secondary N) is 2. The lowest BCUT2D eigenvalue weighted by atomic mass is 10.1. The summed E-state index contributed by atoms with van der Waals surface area (Å²) in [6, 6.07) is 6.79. The predicted molar refractivity (Wildman–Crippen MR) is 128 cm³/mol. The zero-order valence-electron chi connectivity index (χ0n) is 19.3. The van der Waals surface area contributed by atoms with Crippen LogP contribution in [-0.2, 0) is 22.6 Å². The van der Waals surface area contributed by atoms with E-state index in [1.165, 1.54) is 23.4 Å². The number of carbonyl (C=O) groups excluding carboxylic acids is 1. The van der Waals surface area contributed by atoms with Gasteiger partial charge in [0.05, 0.1) is 6.20 Å². The number of rotatable bonds is 6. The van der Waals surface area contributed by atoms with Crippen molar-refractivity contribution in [2.45, 2.75) is 50.9 Å². The van der Waals surface area contributed by atoms with Crippen LogP contribution in [0.5, 0.6) is 0 Å². The zero-order valence-corrected chi connectivity index (χ0v) is 19.3. The summed E-state index contributed by atoms with van der Waals surface area (Å²) in [5.41, 5.74) is 3.52. The van der Waals surface area contributed by atoms with Crippen molar-refractivity contribution in [3.8, 4) is 0 Å². The molecule has 3 aliphatic heterocycles. The van der Waals surface area contributed by atoms with Gasteiger partial charge in [0.25, 0.3) is 0 Å². The Labute approximate surface area is 199 Å². The number of carbonyl (C=O) groups is 1. The molecular formula is C25H31FN6O2. The van der Waals surface area contributed by atoms with Gasteiger partial charge in [-0.2, -0.15) is 4.98 Å². The number of nitrogens with zero attached hydrogens (tertiary/aromatic N) is 4. The van der Waals surface area contributed by atoms with Gasteiger partial charge >= 0.3 is 0 Å². The predicted octanol–water partition coefficient (Wildman–Crippen LogP) is 3.44. The number of hydrogen-bond acceptors (Lipinski definition) is 7. The molecule has 34 heavy (non-hydrogen) atoms. The minimum Gasteiger partial charge on any atom is -0.381 e. The van der Waals surface area contributed by atoms with E-state index < -0.39 is 5.82 Å². The zero-order chi connectivity index (χ0) is 23.5. The van der Waals surface area contributed by atoms with E-state index in [0.717, 1.165) is 57.7 Å². The highest BCUT2D eigenvalue weighted by Gasteiger charge is 2.27. The first-order valence-corrected chi connectivity index (χ1v) is 12.0. The number of piperidine rings is 1. The van der Waals surface area contributed by atoms with Crippen LogP contribution >= 0.6 is 0 Å². The van der Waals surface area contributed by atoms with Crippen molar-refractivity contribution in [2.24, 2.45) is 0 Å². The molecule has 4 heterocycles. The van der Waals surface area contributed by atoms with Gasteiger partial charge in [-0.3, -0.25) is 9.69 Å². The Bertz CT molecular complexity index is 1060. The first kappa shape index (κ1) is 22.7. The van der Waals surface area contributed by atoms with Crippen LogP contribution in [0.3, 0.4) is 0 Å². The minimum atomic E-state index is -0.515. The molecule has 1 unspecified atom stereocenters. The van der Waals surface area contributed by atoms with E-state index in [4.69, 9.17) is 4.74 Å². The highest BCUT2D eigenvalue weighted by atomic mass is 19.1. The standard InChI is InChI=1S/C25H31FN6O2/c1-2-23(33)31-9-3-4-20(16-31)28-24-22(26)13-27-25(30-24)29-19-6-5-17-14-32(15-18(17)12-19)21-7-10-34-11-8-21/h2,5-6,12-13,20-21H,1,3-4,7-11,14-16H2,(H2,27,28,29,30). The van der Waals surface area contributed by atoms with Crippen molar-refractivity contribution in [1.82, 2.24) is 19.8 Å². The summed E-state index contributed by atoms with van der Waals surface area (Å²) >= 11 is 0. The SMILES string of the molecule is C=CC(=O)N1CCCC(Nc2nc(Nc3ccc4c(c3)CN(C3CCOCC3)C4)ncc2F)C1. The third-order valence-corrected chi connectivity index (χ3v) is 6.91. The van der Waals surface area contributed by atoms with Crippen LogP contribution in [0.25, 0.3) is 0 Å². The van der Waals surface area contributed by atoms with Gasteiger partial charge in [-0.05, 0) is 55.0 Å². The quantitative estimate of drug-likeness (QED) is 0.631. The van der Waals surface area contributed by atoms with Gasteiger partial charge in [0, 0.05) is 57.2 Å². The molecule has 0 aliphatic carbocycles.